The van der Waals surface area contributed by atoms with Gasteiger partial charge in [-0.2, -0.15) is 13.2 Å². The molecule has 0 unspecified atom stereocenters. The molecule has 0 radical (unpaired) electrons. The summed E-state index contributed by atoms with van der Waals surface area (Å²) in [6.07, 6.45) is -4.58. The van der Waals surface area contributed by atoms with Gasteiger partial charge in [-0.3, -0.25) is 0 Å². The van der Waals surface area contributed by atoms with Crippen LogP contribution >= 0.6 is 12.4 Å². The lowest BCUT2D eigenvalue weighted by molar-refractivity contribution is -0.137. The lowest BCUT2D eigenvalue weighted by Crippen LogP contribution is -2.17. The second-order valence-corrected chi connectivity index (χ2v) is 3.02. The van der Waals surface area contributed by atoms with E-state index < -0.39 is 30.2 Å². The molecule has 16 heavy (non-hydrogen) atoms. The predicted octanol–water partition coefficient (Wildman–Crippen LogP) is 2.26. The van der Waals surface area contributed by atoms with Crippen molar-refractivity contribution < 1.29 is 22.7 Å². The minimum absolute atomic E-state index is 0. The Kier molecular flexibility index (Phi) is 5.18. The van der Waals surface area contributed by atoms with Gasteiger partial charge in [-0.05, 0) is 12.1 Å². The first-order chi connectivity index (χ1) is 6.86. The van der Waals surface area contributed by atoms with Crippen LogP contribution in [-0.2, 0) is 6.18 Å². The molecule has 1 aromatic rings. The summed E-state index contributed by atoms with van der Waals surface area (Å²) in [6, 6.07) is 1.02. The van der Waals surface area contributed by atoms with E-state index in [1.807, 2.05) is 0 Å². The number of rotatable bonds is 2. The number of benzene rings is 1. The largest absolute Gasteiger partial charge is 0.416 e. The third-order valence-corrected chi connectivity index (χ3v) is 1.92. The number of hydrogen-bond donors (Lipinski definition) is 2. The van der Waals surface area contributed by atoms with Crippen LogP contribution in [0.1, 0.15) is 17.2 Å². The molecule has 0 aliphatic rings. The standard InChI is InChI=1S/C9H9F4NO.ClH/c10-7-3-5(9(11,12)13)1-2-6(7)8(14)4-15;/h1-3,8,15H,4,14H2;1H/t8-;/m1./s1. The zero-order valence-corrected chi connectivity index (χ0v) is 8.78. The zero-order chi connectivity index (χ0) is 11.6. The topological polar surface area (TPSA) is 46.2 Å². The highest BCUT2D eigenvalue weighted by atomic mass is 35.5. The Balaban J connectivity index is 0.00000225. The van der Waals surface area contributed by atoms with Gasteiger partial charge in [-0.15, -0.1) is 12.4 Å². The van der Waals surface area contributed by atoms with Crippen LogP contribution in [0.3, 0.4) is 0 Å². The Morgan fingerprint density at radius 3 is 2.25 bits per heavy atom. The van der Waals surface area contributed by atoms with E-state index >= 15 is 0 Å². The summed E-state index contributed by atoms with van der Waals surface area (Å²) in [5, 5.41) is 8.63. The number of aliphatic hydroxyl groups is 1. The molecule has 0 spiro atoms. The first-order valence-electron chi connectivity index (χ1n) is 4.09. The van der Waals surface area contributed by atoms with Crippen molar-refractivity contribution in [2.75, 3.05) is 6.61 Å². The van der Waals surface area contributed by atoms with E-state index in [9.17, 15) is 17.6 Å². The average molecular weight is 260 g/mol. The molecule has 0 aromatic heterocycles. The van der Waals surface area contributed by atoms with Gasteiger partial charge in [0.2, 0.25) is 0 Å². The maximum absolute atomic E-state index is 13.1. The third-order valence-electron chi connectivity index (χ3n) is 1.92. The van der Waals surface area contributed by atoms with E-state index in [4.69, 9.17) is 10.8 Å². The number of hydrogen-bond acceptors (Lipinski definition) is 2. The quantitative estimate of drug-likeness (QED) is 0.801. The molecule has 0 aliphatic carbocycles. The van der Waals surface area contributed by atoms with Gasteiger partial charge in [0.25, 0.3) is 0 Å². The highest BCUT2D eigenvalue weighted by Gasteiger charge is 2.31. The van der Waals surface area contributed by atoms with E-state index in [1.165, 1.54) is 0 Å². The third kappa shape index (κ3) is 3.33. The molecule has 2 nitrogen and oxygen atoms in total. The van der Waals surface area contributed by atoms with Crippen molar-refractivity contribution in [2.24, 2.45) is 5.73 Å². The molecule has 0 aliphatic heterocycles. The molecule has 0 saturated carbocycles. The smallest absolute Gasteiger partial charge is 0.394 e. The first-order valence-corrected chi connectivity index (χ1v) is 4.09. The predicted molar refractivity (Wildman–Crippen MR) is 52.7 cm³/mol. The van der Waals surface area contributed by atoms with Crippen LogP contribution in [0.2, 0.25) is 0 Å². The molecule has 3 N–H and O–H groups in total. The molecular formula is C9H10ClF4NO. The average Bonchev–Trinajstić information content (AvgIpc) is 2.15. The molecular weight excluding hydrogens is 250 g/mol. The van der Waals surface area contributed by atoms with Gasteiger partial charge in [0.05, 0.1) is 18.2 Å². The van der Waals surface area contributed by atoms with E-state index in [2.05, 4.69) is 0 Å². The van der Waals surface area contributed by atoms with Crippen molar-refractivity contribution in [3.05, 3.63) is 35.1 Å². The Morgan fingerprint density at radius 1 is 1.31 bits per heavy atom. The SMILES string of the molecule is Cl.N[C@H](CO)c1ccc(C(F)(F)F)cc1F. The van der Waals surface area contributed by atoms with E-state index in [-0.39, 0.29) is 18.0 Å². The zero-order valence-electron chi connectivity index (χ0n) is 7.96. The fourth-order valence-electron chi connectivity index (χ4n) is 1.10. The molecule has 0 amide bonds. The van der Waals surface area contributed by atoms with Crippen molar-refractivity contribution >= 4 is 12.4 Å². The van der Waals surface area contributed by atoms with Crippen LogP contribution in [0.15, 0.2) is 18.2 Å². The van der Waals surface area contributed by atoms with Crippen LogP contribution in [0.25, 0.3) is 0 Å². The maximum Gasteiger partial charge on any atom is 0.416 e. The van der Waals surface area contributed by atoms with Crippen LogP contribution in [0.5, 0.6) is 0 Å². The van der Waals surface area contributed by atoms with Crippen LogP contribution in [-0.4, -0.2) is 11.7 Å². The van der Waals surface area contributed by atoms with E-state index in [0.29, 0.717) is 6.07 Å². The Morgan fingerprint density at radius 2 is 1.88 bits per heavy atom. The summed E-state index contributed by atoms with van der Waals surface area (Å²) in [5.41, 5.74) is 4.07. The van der Waals surface area contributed by atoms with Crippen LogP contribution in [0.4, 0.5) is 17.6 Å². The van der Waals surface area contributed by atoms with Crippen molar-refractivity contribution in [1.29, 1.82) is 0 Å². The summed E-state index contributed by atoms with van der Waals surface area (Å²) in [7, 11) is 0. The minimum atomic E-state index is -4.58. The summed E-state index contributed by atoms with van der Waals surface area (Å²) in [4.78, 5) is 0. The number of nitrogens with two attached hydrogens (primary N) is 1. The summed E-state index contributed by atoms with van der Waals surface area (Å²) < 4.78 is 49.5. The summed E-state index contributed by atoms with van der Waals surface area (Å²) >= 11 is 0. The Bertz CT molecular complexity index is 356. The molecule has 1 rings (SSSR count). The fraction of sp³-hybridized carbons (Fsp3) is 0.333. The molecule has 1 aromatic carbocycles. The molecule has 0 saturated heterocycles. The van der Waals surface area contributed by atoms with Gasteiger partial charge in [0.15, 0.2) is 0 Å². The minimum Gasteiger partial charge on any atom is -0.394 e. The lowest BCUT2D eigenvalue weighted by Gasteiger charge is -2.12. The molecule has 92 valence electrons. The van der Waals surface area contributed by atoms with Crippen LogP contribution < -0.4 is 5.73 Å². The Labute approximate surface area is 95.5 Å². The van der Waals surface area contributed by atoms with Gasteiger partial charge in [-0.1, -0.05) is 6.07 Å². The maximum atomic E-state index is 13.1. The van der Waals surface area contributed by atoms with E-state index in [1.54, 1.807) is 0 Å². The van der Waals surface area contributed by atoms with Crippen molar-refractivity contribution in [3.8, 4) is 0 Å². The molecule has 0 bridgehead atoms. The molecule has 0 heterocycles. The normalized spacial score (nSPS) is 13.1. The second-order valence-electron chi connectivity index (χ2n) is 3.02. The second kappa shape index (κ2) is 5.47. The van der Waals surface area contributed by atoms with Gasteiger partial charge < -0.3 is 10.8 Å². The summed E-state index contributed by atoms with van der Waals surface area (Å²) in [6.45, 7) is -0.526. The van der Waals surface area contributed by atoms with Crippen molar-refractivity contribution in [3.63, 3.8) is 0 Å². The first kappa shape index (κ1) is 15.2. The molecule has 1 atom stereocenters. The number of aliphatic hydroxyl groups excluding tert-OH is 1. The van der Waals surface area contributed by atoms with Crippen molar-refractivity contribution in [1.82, 2.24) is 0 Å². The van der Waals surface area contributed by atoms with E-state index in [0.717, 1.165) is 12.1 Å². The highest BCUT2D eigenvalue weighted by molar-refractivity contribution is 5.85. The highest BCUT2D eigenvalue weighted by Crippen LogP contribution is 2.30. The summed E-state index contributed by atoms with van der Waals surface area (Å²) in [5.74, 6) is -1.06. The fourth-order valence-corrected chi connectivity index (χ4v) is 1.10. The van der Waals surface area contributed by atoms with Gasteiger partial charge in [0.1, 0.15) is 5.82 Å². The monoisotopic (exact) mass is 259 g/mol. The number of alkyl halides is 3. The lowest BCUT2D eigenvalue weighted by atomic mass is 10.1. The van der Waals surface area contributed by atoms with Gasteiger partial charge >= 0.3 is 6.18 Å². The van der Waals surface area contributed by atoms with Gasteiger partial charge in [0, 0.05) is 5.56 Å². The van der Waals surface area contributed by atoms with Crippen LogP contribution in [0, 0.1) is 5.82 Å². The molecule has 0 fully saturated rings. The van der Waals surface area contributed by atoms with Gasteiger partial charge in [-0.25, -0.2) is 4.39 Å². The number of halogens is 5. The molecule has 7 heteroatoms. The Hall–Kier alpha value is -0.850. The van der Waals surface area contributed by atoms with Crippen molar-refractivity contribution in [2.45, 2.75) is 12.2 Å².